The monoisotopic (exact) mass is 166 g/mol. The molecule has 0 spiro atoms. The van der Waals surface area contributed by atoms with Crippen LogP contribution in [-0.2, 0) is 9.59 Å². The van der Waals surface area contributed by atoms with Crippen molar-refractivity contribution in [1.29, 1.82) is 0 Å². The first-order chi connectivity index (χ1) is 5.85. The summed E-state index contributed by atoms with van der Waals surface area (Å²) in [5.41, 5.74) is 0.579. The molecule has 0 aromatic heterocycles. The minimum absolute atomic E-state index is 0.579. The van der Waals surface area contributed by atoms with E-state index in [2.05, 4.69) is 6.92 Å². The van der Waals surface area contributed by atoms with Crippen LogP contribution in [0, 0.1) is 0 Å². The zero-order valence-corrected chi connectivity index (χ0v) is 7.38. The van der Waals surface area contributed by atoms with Crippen LogP contribution in [0.3, 0.4) is 0 Å². The molecule has 0 rings (SSSR count). The molecule has 0 saturated heterocycles. The van der Waals surface area contributed by atoms with Crippen molar-refractivity contribution < 1.29 is 9.59 Å². The predicted molar refractivity (Wildman–Crippen MR) is 48.6 cm³/mol. The average Bonchev–Trinajstić information content (AvgIpc) is 2.11. The molecule has 2 heteroatoms. The fourth-order valence-electron chi connectivity index (χ4n) is 0.889. The predicted octanol–water partition coefficient (Wildman–Crippen LogP) is 2.08. The molecule has 0 fully saturated rings. The van der Waals surface area contributed by atoms with E-state index in [0.717, 1.165) is 25.7 Å². The van der Waals surface area contributed by atoms with Crippen LogP contribution in [0.25, 0.3) is 0 Å². The molecule has 2 nitrogen and oxygen atoms in total. The Morgan fingerprint density at radius 3 is 2.67 bits per heavy atom. The number of rotatable bonds is 6. The first-order valence-corrected chi connectivity index (χ1v) is 4.21. The lowest BCUT2D eigenvalue weighted by atomic mass is 10.1. The Bertz CT molecular complexity index is 198. The molecular weight excluding hydrogens is 152 g/mol. The summed E-state index contributed by atoms with van der Waals surface area (Å²) >= 11 is 0. The Labute approximate surface area is 73.0 Å². The molecule has 0 bridgehead atoms. The van der Waals surface area contributed by atoms with Crippen LogP contribution in [0.5, 0.6) is 0 Å². The summed E-state index contributed by atoms with van der Waals surface area (Å²) in [7, 11) is 0. The van der Waals surface area contributed by atoms with Crippen LogP contribution in [0.15, 0.2) is 17.7 Å². The van der Waals surface area contributed by atoms with Gasteiger partial charge < -0.3 is 0 Å². The van der Waals surface area contributed by atoms with E-state index in [0.29, 0.717) is 11.9 Å². The number of unbranched alkanes of at least 4 members (excludes halogenated alkanes) is 2. The fraction of sp³-hybridized carbons (Fsp3) is 0.500. The van der Waals surface area contributed by atoms with Crippen molar-refractivity contribution in [2.45, 2.75) is 32.6 Å². The Balaban J connectivity index is 3.77. The molecule has 0 N–H and O–H groups in total. The Morgan fingerprint density at radius 2 is 2.17 bits per heavy atom. The zero-order chi connectivity index (χ0) is 9.23. The van der Waals surface area contributed by atoms with Gasteiger partial charge in [0, 0.05) is 5.57 Å². The Kier molecular flexibility index (Phi) is 7.21. The fourth-order valence-corrected chi connectivity index (χ4v) is 0.889. The van der Waals surface area contributed by atoms with Crippen LogP contribution >= 0.6 is 0 Å². The van der Waals surface area contributed by atoms with Gasteiger partial charge in [-0.15, -0.1) is 0 Å². The molecule has 12 heavy (non-hydrogen) atoms. The highest BCUT2D eigenvalue weighted by atomic mass is 16.1. The maximum Gasteiger partial charge on any atom is 0.142 e. The van der Waals surface area contributed by atoms with Crippen LogP contribution in [0.1, 0.15) is 32.6 Å². The summed E-state index contributed by atoms with van der Waals surface area (Å²) in [6.07, 6.45) is 7.47. The first kappa shape index (κ1) is 10.9. The standard InChI is InChI=1S/C10H14O2/c1-2-3-4-6-10(9-12)7-5-8-11/h5,7-8H,2-4,6H2,1H3/b7-5+. The van der Waals surface area contributed by atoms with Crippen molar-refractivity contribution in [2.75, 3.05) is 0 Å². The highest BCUT2D eigenvalue weighted by Gasteiger charge is 1.92. The number of allylic oxidation sites excluding steroid dienone is 3. The largest absolute Gasteiger partial charge is 0.299 e. The number of carbonyl (C=O) groups excluding carboxylic acids is 2. The molecule has 0 aromatic carbocycles. The molecule has 0 saturated carbocycles. The summed E-state index contributed by atoms with van der Waals surface area (Å²) in [5.74, 6) is 1.82. The molecule has 66 valence electrons. The van der Waals surface area contributed by atoms with Crippen molar-refractivity contribution in [3.63, 3.8) is 0 Å². The normalized spacial score (nSPS) is 9.75. The van der Waals surface area contributed by atoms with Gasteiger partial charge in [0.25, 0.3) is 0 Å². The number of aldehydes is 1. The molecule has 0 heterocycles. The van der Waals surface area contributed by atoms with Gasteiger partial charge >= 0.3 is 0 Å². The number of hydrogen-bond acceptors (Lipinski definition) is 2. The Hall–Kier alpha value is -1.14. The third kappa shape index (κ3) is 5.63. The Morgan fingerprint density at radius 1 is 1.42 bits per heavy atom. The minimum Gasteiger partial charge on any atom is -0.299 e. The third-order valence-electron chi connectivity index (χ3n) is 1.56. The van der Waals surface area contributed by atoms with Gasteiger partial charge in [-0.2, -0.15) is 0 Å². The van der Waals surface area contributed by atoms with E-state index in [1.165, 1.54) is 12.2 Å². The summed E-state index contributed by atoms with van der Waals surface area (Å²) in [6, 6.07) is 0. The summed E-state index contributed by atoms with van der Waals surface area (Å²) < 4.78 is 0. The summed E-state index contributed by atoms with van der Waals surface area (Å²) in [4.78, 5) is 20.2. The van der Waals surface area contributed by atoms with Gasteiger partial charge in [0.05, 0.1) is 0 Å². The second-order valence-corrected chi connectivity index (χ2v) is 2.58. The quantitative estimate of drug-likeness (QED) is 0.199. The van der Waals surface area contributed by atoms with E-state index in [4.69, 9.17) is 0 Å². The van der Waals surface area contributed by atoms with E-state index in [1.807, 2.05) is 5.94 Å². The maximum atomic E-state index is 10.3. The van der Waals surface area contributed by atoms with Gasteiger partial charge in [-0.05, 0) is 25.0 Å². The molecule has 0 amide bonds. The maximum absolute atomic E-state index is 10.3. The molecule has 0 aliphatic carbocycles. The zero-order valence-electron chi connectivity index (χ0n) is 7.38. The lowest BCUT2D eigenvalue weighted by Crippen LogP contribution is -1.81. The van der Waals surface area contributed by atoms with Gasteiger partial charge in [0.15, 0.2) is 0 Å². The number of carbonyl (C=O) groups is 1. The van der Waals surface area contributed by atoms with Crippen LogP contribution in [-0.4, -0.2) is 12.2 Å². The van der Waals surface area contributed by atoms with E-state index in [-0.39, 0.29) is 0 Å². The molecular formula is C10H14O2. The van der Waals surface area contributed by atoms with Crippen LogP contribution in [0.2, 0.25) is 0 Å². The lowest BCUT2D eigenvalue weighted by Gasteiger charge is -1.94. The van der Waals surface area contributed by atoms with Crippen molar-refractivity contribution in [3.8, 4) is 0 Å². The van der Waals surface area contributed by atoms with Crippen LogP contribution in [0.4, 0.5) is 0 Å². The molecule has 0 aromatic rings. The SMILES string of the molecule is CCCCCC(=C=O)/C=C/C=O. The second-order valence-electron chi connectivity index (χ2n) is 2.58. The molecule has 0 radical (unpaired) electrons. The van der Waals surface area contributed by atoms with Gasteiger partial charge in [0.1, 0.15) is 12.2 Å². The minimum atomic E-state index is 0.579. The van der Waals surface area contributed by atoms with Crippen molar-refractivity contribution in [3.05, 3.63) is 17.7 Å². The van der Waals surface area contributed by atoms with Gasteiger partial charge in [-0.25, -0.2) is 4.79 Å². The van der Waals surface area contributed by atoms with Gasteiger partial charge in [-0.3, -0.25) is 4.79 Å². The molecule has 0 aliphatic heterocycles. The van der Waals surface area contributed by atoms with E-state index in [9.17, 15) is 9.59 Å². The van der Waals surface area contributed by atoms with Crippen molar-refractivity contribution >= 4 is 12.2 Å². The topological polar surface area (TPSA) is 34.1 Å². The van der Waals surface area contributed by atoms with Gasteiger partial charge in [-0.1, -0.05) is 19.8 Å². The number of hydrogen-bond donors (Lipinski definition) is 0. The first-order valence-electron chi connectivity index (χ1n) is 4.21. The molecule has 0 atom stereocenters. The summed E-state index contributed by atoms with van der Waals surface area (Å²) in [6.45, 7) is 2.10. The van der Waals surface area contributed by atoms with E-state index < -0.39 is 0 Å². The summed E-state index contributed by atoms with van der Waals surface area (Å²) in [5, 5.41) is 0. The van der Waals surface area contributed by atoms with E-state index in [1.54, 1.807) is 0 Å². The molecule has 0 unspecified atom stereocenters. The van der Waals surface area contributed by atoms with Crippen molar-refractivity contribution in [1.82, 2.24) is 0 Å². The smallest absolute Gasteiger partial charge is 0.142 e. The second kappa shape index (κ2) is 7.96. The highest BCUT2D eigenvalue weighted by Crippen LogP contribution is 2.06. The average molecular weight is 166 g/mol. The van der Waals surface area contributed by atoms with E-state index >= 15 is 0 Å². The van der Waals surface area contributed by atoms with Crippen LogP contribution < -0.4 is 0 Å². The molecule has 0 aliphatic rings. The van der Waals surface area contributed by atoms with Gasteiger partial charge in [0.2, 0.25) is 0 Å². The van der Waals surface area contributed by atoms with Crippen molar-refractivity contribution in [2.24, 2.45) is 0 Å². The lowest BCUT2D eigenvalue weighted by molar-refractivity contribution is -0.104. The highest BCUT2D eigenvalue weighted by molar-refractivity contribution is 5.68. The third-order valence-corrected chi connectivity index (χ3v) is 1.56.